The summed E-state index contributed by atoms with van der Waals surface area (Å²) in [5.41, 5.74) is 4.50. The second-order valence-corrected chi connectivity index (χ2v) is 6.53. The van der Waals surface area contributed by atoms with Crippen molar-refractivity contribution in [3.63, 3.8) is 0 Å². The van der Waals surface area contributed by atoms with Crippen LogP contribution in [0.5, 0.6) is 0 Å². The van der Waals surface area contributed by atoms with Crippen molar-refractivity contribution in [2.45, 2.75) is 69.1 Å². The van der Waals surface area contributed by atoms with Crippen molar-refractivity contribution < 1.29 is 0 Å². The van der Waals surface area contributed by atoms with Gasteiger partial charge in [-0.05, 0) is 54.7 Å². The van der Waals surface area contributed by atoms with Gasteiger partial charge < -0.3 is 0 Å². The molecule has 0 heterocycles. The summed E-state index contributed by atoms with van der Waals surface area (Å²) < 4.78 is 0. The summed E-state index contributed by atoms with van der Waals surface area (Å²) in [4.78, 5) is 0. The van der Waals surface area contributed by atoms with Gasteiger partial charge in [0.2, 0.25) is 0 Å². The maximum atomic E-state index is 6.56. The lowest BCUT2D eigenvalue weighted by Gasteiger charge is -2.23. The number of hydrogen-bond donors (Lipinski definition) is 0. The van der Waals surface area contributed by atoms with E-state index in [2.05, 4.69) is 18.2 Å². The molecule has 0 radical (unpaired) electrons. The lowest BCUT2D eigenvalue weighted by molar-refractivity contribution is 0.443. The average Bonchev–Trinajstić information content (AvgIpc) is 2.62. The minimum absolute atomic E-state index is 0.256. The molecule has 3 rings (SSSR count). The lowest BCUT2D eigenvalue weighted by Crippen LogP contribution is -2.06. The molecule has 0 aromatic heterocycles. The maximum Gasteiger partial charge on any atom is 0.0588 e. The fourth-order valence-corrected chi connectivity index (χ4v) is 3.97. The first kappa shape index (κ1) is 12.5. The van der Waals surface area contributed by atoms with Gasteiger partial charge in [0.25, 0.3) is 0 Å². The van der Waals surface area contributed by atoms with Crippen LogP contribution >= 0.6 is 11.6 Å². The van der Waals surface area contributed by atoms with Gasteiger partial charge in [0.1, 0.15) is 0 Å². The van der Waals surface area contributed by atoms with E-state index in [1.54, 1.807) is 5.56 Å². The van der Waals surface area contributed by atoms with Crippen molar-refractivity contribution >= 4 is 11.6 Å². The number of hydrogen-bond acceptors (Lipinski definition) is 0. The second kappa shape index (κ2) is 5.65. The van der Waals surface area contributed by atoms with Crippen molar-refractivity contribution in [1.29, 1.82) is 0 Å². The molecule has 2 aliphatic carbocycles. The smallest absolute Gasteiger partial charge is 0.0588 e. The largest absolute Gasteiger partial charge is 0.118 e. The van der Waals surface area contributed by atoms with E-state index < -0.39 is 0 Å². The van der Waals surface area contributed by atoms with Crippen LogP contribution in [0, 0.1) is 0 Å². The highest BCUT2D eigenvalue weighted by Gasteiger charge is 2.20. The van der Waals surface area contributed by atoms with Gasteiger partial charge in [0.05, 0.1) is 5.38 Å². The van der Waals surface area contributed by atoms with Gasteiger partial charge in [0, 0.05) is 0 Å². The molecule has 0 saturated heterocycles. The topological polar surface area (TPSA) is 0 Å². The predicted molar refractivity (Wildman–Crippen MR) is 78.4 cm³/mol. The zero-order valence-electron chi connectivity index (χ0n) is 11.1. The fourth-order valence-electron chi connectivity index (χ4n) is 3.62. The van der Waals surface area contributed by atoms with Crippen LogP contribution in [-0.2, 0) is 6.42 Å². The molecule has 18 heavy (non-hydrogen) atoms. The van der Waals surface area contributed by atoms with E-state index in [0.29, 0.717) is 0 Å². The first-order chi connectivity index (χ1) is 8.84. The standard InChI is InChI=1S/C17H23Cl/c18-17-9-5-4-8-14-10-11-15(12-16(14)17)13-6-2-1-3-7-13/h10-13,17H,1-9H2. The molecule has 1 aromatic rings. The first-order valence-electron chi connectivity index (χ1n) is 7.61. The summed E-state index contributed by atoms with van der Waals surface area (Å²) in [7, 11) is 0. The first-order valence-corrected chi connectivity index (χ1v) is 8.05. The summed E-state index contributed by atoms with van der Waals surface area (Å²) in [5.74, 6) is 0.802. The Hall–Kier alpha value is -0.490. The summed E-state index contributed by atoms with van der Waals surface area (Å²) in [6, 6.07) is 7.18. The van der Waals surface area contributed by atoms with E-state index in [0.717, 1.165) is 12.3 Å². The molecule has 0 N–H and O–H groups in total. The highest BCUT2D eigenvalue weighted by molar-refractivity contribution is 6.20. The van der Waals surface area contributed by atoms with Crippen LogP contribution in [0.15, 0.2) is 18.2 Å². The van der Waals surface area contributed by atoms with Gasteiger partial charge in [-0.15, -0.1) is 11.6 Å². The fraction of sp³-hybridized carbons (Fsp3) is 0.647. The van der Waals surface area contributed by atoms with Gasteiger partial charge in [0.15, 0.2) is 0 Å². The van der Waals surface area contributed by atoms with Crippen molar-refractivity contribution in [1.82, 2.24) is 0 Å². The van der Waals surface area contributed by atoms with Crippen molar-refractivity contribution in [3.8, 4) is 0 Å². The van der Waals surface area contributed by atoms with Gasteiger partial charge >= 0.3 is 0 Å². The van der Waals surface area contributed by atoms with Crippen LogP contribution < -0.4 is 0 Å². The third-order valence-corrected chi connectivity index (χ3v) is 5.19. The van der Waals surface area contributed by atoms with E-state index in [4.69, 9.17) is 11.6 Å². The Morgan fingerprint density at radius 2 is 1.67 bits per heavy atom. The van der Waals surface area contributed by atoms with E-state index in [9.17, 15) is 0 Å². The Morgan fingerprint density at radius 3 is 2.50 bits per heavy atom. The minimum Gasteiger partial charge on any atom is -0.118 e. The van der Waals surface area contributed by atoms with E-state index in [1.807, 2.05) is 0 Å². The molecule has 1 heteroatoms. The quantitative estimate of drug-likeness (QED) is 0.447. The van der Waals surface area contributed by atoms with Gasteiger partial charge in [-0.3, -0.25) is 0 Å². The molecule has 0 aliphatic heterocycles. The third-order valence-electron chi connectivity index (χ3n) is 4.74. The zero-order valence-corrected chi connectivity index (χ0v) is 11.9. The molecule has 0 nitrogen and oxygen atoms in total. The highest BCUT2D eigenvalue weighted by Crippen LogP contribution is 2.38. The van der Waals surface area contributed by atoms with Gasteiger partial charge in [-0.2, -0.15) is 0 Å². The second-order valence-electron chi connectivity index (χ2n) is 6.01. The monoisotopic (exact) mass is 262 g/mol. The number of alkyl halides is 1. The Bertz CT molecular complexity index is 404. The molecular formula is C17H23Cl. The molecule has 1 aromatic carbocycles. The van der Waals surface area contributed by atoms with Crippen molar-refractivity contribution in [3.05, 3.63) is 34.9 Å². The molecule has 0 spiro atoms. The number of rotatable bonds is 1. The third kappa shape index (κ3) is 2.59. The Morgan fingerprint density at radius 1 is 0.889 bits per heavy atom. The number of benzene rings is 1. The summed E-state index contributed by atoms with van der Waals surface area (Å²) >= 11 is 6.56. The molecule has 1 unspecified atom stereocenters. The predicted octanol–water partition coefficient (Wildman–Crippen LogP) is 5.74. The summed E-state index contributed by atoms with van der Waals surface area (Å²) in [6.07, 6.45) is 12.0. The van der Waals surface area contributed by atoms with Crippen LogP contribution in [0.2, 0.25) is 0 Å². The molecule has 98 valence electrons. The molecular weight excluding hydrogens is 240 g/mol. The van der Waals surface area contributed by atoms with E-state index in [-0.39, 0.29) is 5.38 Å². The highest BCUT2D eigenvalue weighted by atomic mass is 35.5. The van der Waals surface area contributed by atoms with Crippen molar-refractivity contribution in [2.75, 3.05) is 0 Å². The van der Waals surface area contributed by atoms with E-state index in [1.165, 1.54) is 62.5 Å². The van der Waals surface area contributed by atoms with Crippen molar-refractivity contribution in [2.24, 2.45) is 0 Å². The number of halogens is 1. The molecule has 1 atom stereocenters. The average molecular weight is 263 g/mol. The number of fused-ring (bicyclic) bond motifs is 1. The maximum absolute atomic E-state index is 6.56. The Kier molecular flexibility index (Phi) is 3.94. The van der Waals surface area contributed by atoms with Crippen LogP contribution in [0.4, 0.5) is 0 Å². The zero-order chi connectivity index (χ0) is 12.4. The Labute approximate surface area is 116 Å². The lowest BCUT2D eigenvalue weighted by atomic mass is 9.82. The normalized spacial score (nSPS) is 25.5. The Balaban J connectivity index is 1.88. The summed E-state index contributed by atoms with van der Waals surface area (Å²) in [6.45, 7) is 0. The minimum atomic E-state index is 0.256. The molecule has 2 aliphatic rings. The molecule has 0 amide bonds. The van der Waals surface area contributed by atoms with E-state index >= 15 is 0 Å². The van der Waals surface area contributed by atoms with Crippen LogP contribution in [0.25, 0.3) is 0 Å². The summed E-state index contributed by atoms with van der Waals surface area (Å²) in [5, 5.41) is 0.256. The van der Waals surface area contributed by atoms with Crippen LogP contribution in [0.3, 0.4) is 0 Å². The molecule has 0 bridgehead atoms. The van der Waals surface area contributed by atoms with Gasteiger partial charge in [-0.1, -0.05) is 43.9 Å². The van der Waals surface area contributed by atoms with Crippen LogP contribution in [0.1, 0.15) is 79.4 Å². The SMILES string of the molecule is ClC1CCCCc2ccc(C3CCCCC3)cc21. The number of aryl methyl sites for hydroxylation is 1. The van der Waals surface area contributed by atoms with Gasteiger partial charge in [-0.25, -0.2) is 0 Å². The molecule has 1 fully saturated rings. The van der Waals surface area contributed by atoms with Crippen LogP contribution in [-0.4, -0.2) is 0 Å². The molecule has 1 saturated carbocycles.